The summed E-state index contributed by atoms with van der Waals surface area (Å²) in [5, 5.41) is 12.1. The molecule has 0 atom stereocenters. The summed E-state index contributed by atoms with van der Waals surface area (Å²) in [6, 6.07) is 6.31. The molecule has 0 aliphatic rings. The van der Waals surface area contributed by atoms with Crippen molar-refractivity contribution in [2.45, 2.75) is 6.92 Å². The van der Waals surface area contributed by atoms with Gasteiger partial charge in [0.05, 0.1) is 23.7 Å². The van der Waals surface area contributed by atoms with Crippen LogP contribution in [0.15, 0.2) is 36.7 Å². The fourth-order valence-electron chi connectivity index (χ4n) is 1.31. The third-order valence-electron chi connectivity index (χ3n) is 2.17. The minimum atomic E-state index is -0.416. The molecular formula is C12H11N3O2. The maximum absolute atomic E-state index is 11.8. The number of benzene rings is 1. The number of hydrogen-bond acceptors (Lipinski definition) is 4. The molecule has 2 N–H and O–H groups in total. The summed E-state index contributed by atoms with van der Waals surface area (Å²) in [6.45, 7) is 1.81. The van der Waals surface area contributed by atoms with E-state index >= 15 is 0 Å². The molecule has 0 aliphatic carbocycles. The number of para-hydroxylation sites is 1. The summed E-state index contributed by atoms with van der Waals surface area (Å²) < 4.78 is 0. The van der Waals surface area contributed by atoms with E-state index in [0.29, 0.717) is 5.82 Å². The molecule has 0 saturated carbocycles. The van der Waals surface area contributed by atoms with Gasteiger partial charge in [-0.3, -0.25) is 9.78 Å². The van der Waals surface area contributed by atoms with Crippen molar-refractivity contribution in [3.63, 3.8) is 0 Å². The zero-order valence-electron chi connectivity index (χ0n) is 9.21. The van der Waals surface area contributed by atoms with Crippen molar-refractivity contribution in [1.29, 1.82) is 0 Å². The number of carbonyl (C=O) groups excluding carboxylic acids is 1. The Kier molecular flexibility index (Phi) is 3.00. The predicted molar refractivity (Wildman–Crippen MR) is 62.8 cm³/mol. The summed E-state index contributed by atoms with van der Waals surface area (Å²) in [7, 11) is 0. The SMILES string of the molecule is Cc1cnc(NC(=O)c2ccccc2O)cn1. The molecule has 2 rings (SSSR count). The molecule has 0 radical (unpaired) electrons. The standard InChI is InChI=1S/C12H11N3O2/c1-8-6-14-11(7-13-8)15-12(17)9-4-2-3-5-10(9)16/h2-7,16H,1H3,(H,14,15,17). The fourth-order valence-corrected chi connectivity index (χ4v) is 1.31. The van der Waals surface area contributed by atoms with E-state index in [0.717, 1.165) is 5.69 Å². The highest BCUT2D eigenvalue weighted by molar-refractivity contribution is 6.05. The van der Waals surface area contributed by atoms with Gasteiger partial charge in [-0.1, -0.05) is 12.1 Å². The Morgan fingerprint density at radius 1 is 1.24 bits per heavy atom. The number of aromatic nitrogens is 2. The first-order chi connectivity index (χ1) is 8.16. The molecule has 1 heterocycles. The number of anilines is 1. The van der Waals surface area contributed by atoms with E-state index in [4.69, 9.17) is 0 Å². The van der Waals surface area contributed by atoms with Crippen LogP contribution in [0.4, 0.5) is 5.82 Å². The van der Waals surface area contributed by atoms with Crippen LogP contribution in [-0.2, 0) is 0 Å². The van der Waals surface area contributed by atoms with Crippen molar-refractivity contribution >= 4 is 11.7 Å². The quantitative estimate of drug-likeness (QED) is 0.822. The van der Waals surface area contributed by atoms with Crippen LogP contribution in [0, 0.1) is 6.92 Å². The highest BCUT2D eigenvalue weighted by Gasteiger charge is 2.10. The van der Waals surface area contributed by atoms with Gasteiger partial charge in [0, 0.05) is 0 Å². The molecule has 5 nitrogen and oxygen atoms in total. The minimum absolute atomic E-state index is 0.0647. The summed E-state index contributed by atoms with van der Waals surface area (Å²) in [4.78, 5) is 19.8. The first kappa shape index (κ1) is 11.1. The van der Waals surface area contributed by atoms with Crippen LogP contribution in [0.2, 0.25) is 0 Å². The van der Waals surface area contributed by atoms with Gasteiger partial charge in [0.15, 0.2) is 5.82 Å². The molecule has 0 bridgehead atoms. The summed E-state index contributed by atoms with van der Waals surface area (Å²) in [6.07, 6.45) is 3.02. The van der Waals surface area contributed by atoms with Crippen LogP contribution in [0.5, 0.6) is 5.75 Å². The van der Waals surface area contributed by atoms with Crippen molar-refractivity contribution in [3.8, 4) is 5.75 Å². The van der Waals surface area contributed by atoms with Gasteiger partial charge in [-0.15, -0.1) is 0 Å². The molecule has 1 aromatic carbocycles. The highest BCUT2D eigenvalue weighted by atomic mass is 16.3. The molecule has 0 saturated heterocycles. The number of aryl methyl sites for hydroxylation is 1. The Morgan fingerprint density at radius 3 is 2.65 bits per heavy atom. The Labute approximate surface area is 98.2 Å². The van der Waals surface area contributed by atoms with E-state index in [9.17, 15) is 9.90 Å². The van der Waals surface area contributed by atoms with Crippen molar-refractivity contribution in [3.05, 3.63) is 47.9 Å². The predicted octanol–water partition coefficient (Wildman–Crippen LogP) is 1.74. The molecule has 17 heavy (non-hydrogen) atoms. The monoisotopic (exact) mass is 229 g/mol. The Balaban J connectivity index is 2.17. The van der Waals surface area contributed by atoms with E-state index < -0.39 is 5.91 Å². The van der Waals surface area contributed by atoms with Gasteiger partial charge in [-0.25, -0.2) is 4.98 Å². The number of amides is 1. The second kappa shape index (κ2) is 4.61. The Bertz CT molecular complexity index is 538. The van der Waals surface area contributed by atoms with Crippen LogP contribution in [0.25, 0.3) is 0 Å². The molecule has 86 valence electrons. The second-order valence-corrected chi connectivity index (χ2v) is 3.51. The molecule has 0 fully saturated rings. The van der Waals surface area contributed by atoms with E-state index in [1.165, 1.54) is 18.3 Å². The average molecular weight is 229 g/mol. The van der Waals surface area contributed by atoms with Crippen molar-refractivity contribution in [1.82, 2.24) is 9.97 Å². The van der Waals surface area contributed by atoms with E-state index in [-0.39, 0.29) is 11.3 Å². The van der Waals surface area contributed by atoms with E-state index in [2.05, 4.69) is 15.3 Å². The summed E-state index contributed by atoms with van der Waals surface area (Å²) in [5.41, 5.74) is 0.973. The zero-order chi connectivity index (χ0) is 12.3. The number of nitrogens with one attached hydrogen (secondary N) is 1. The first-order valence-electron chi connectivity index (χ1n) is 5.05. The first-order valence-corrected chi connectivity index (χ1v) is 5.05. The Morgan fingerprint density at radius 2 is 2.00 bits per heavy atom. The van der Waals surface area contributed by atoms with Crippen LogP contribution < -0.4 is 5.32 Å². The number of carbonyl (C=O) groups is 1. The lowest BCUT2D eigenvalue weighted by atomic mass is 10.2. The number of phenolic OH excluding ortho intramolecular Hbond substituents is 1. The number of nitrogens with zero attached hydrogens (tertiary/aromatic N) is 2. The van der Waals surface area contributed by atoms with Gasteiger partial charge in [0.1, 0.15) is 5.75 Å². The molecule has 1 aromatic heterocycles. The van der Waals surface area contributed by atoms with Gasteiger partial charge < -0.3 is 10.4 Å². The van der Waals surface area contributed by atoms with Crippen LogP contribution in [-0.4, -0.2) is 21.0 Å². The highest BCUT2D eigenvalue weighted by Crippen LogP contribution is 2.16. The van der Waals surface area contributed by atoms with Gasteiger partial charge in [0.2, 0.25) is 0 Å². The van der Waals surface area contributed by atoms with Gasteiger partial charge in [0.25, 0.3) is 5.91 Å². The average Bonchev–Trinajstić information content (AvgIpc) is 2.32. The largest absolute Gasteiger partial charge is 0.507 e. The minimum Gasteiger partial charge on any atom is -0.507 e. The number of aromatic hydroxyl groups is 1. The van der Waals surface area contributed by atoms with Crippen LogP contribution in [0.1, 0.15) is 16.1 Å². The van der Waals surface area contributed by atoms with E-state index in [1.807, 2.05) is 6.92 Å². The molecule has 0 unspecified atom stereocenters. The third-order valence-corrected chi connectivity index (χ3v) is 2.17. The van der Waals surface area contributed by atoms with Gasteiger partial charge in [-0.05, 0) is 19.1 Å². The zero-order valence-corrected chi connectivity index (χ0v) is 9.21. The lowest BCUT2D eigenvalue weighted by Gasteiger charge is -2.05. The van der Waals surface area contributed by atoms with Crippen LogP contribution >= 0.6 is 0 Å². The third kappa shape index (κ3) is 2.57. The van der Waals surface area contributed by atoms with Crippen molar-refractivity contribution in [2.75, 3.05) is 5.32 Å². The maximum Gasteiger partial charge on any atom is 0.260 e. The number of phenols is 1. The van der Waals surface area contributed by atoms with E-state index in [1.54, 1.807) is 18.3 Å². The summed E-state index contributed by atoms with van der Waals surface area (Å²) in [5.74, 6) is -0.129. The van der Waals surface area contributed by atoms with Gasteiger partial charge in [-0.2, -0.15) is 0 Å². The Hall–Kier alpha value is -2.43. The summed E-state index contributed by atoms with van der Waals surface area (Å²) >= 11 is 0. The lowest BCUT2D eigenvalue weighted by molar-refractivity contribution is 0.102. The maximum atomic E-state index is 11.8. The normalized spacial score (nSPS) is 9.94. The number of hydrogen-bond donors (Lipinski definition) is 2. The lowest BCUT2D eigenvalue weighted by Crippen LogP contribution is -2.13. The topological polar surface area (TPSA) is 75.1 Å². The number of rotatable bonds is 2. The molecule has 1 amide bonds. The van der Waals surface area contributed by atoms with Crippen molar-refractivity contribution < 1.29 is 9.90 Å². The molecule has 0 spiro atoms. The molecular weight excluding hydrogens is 218 g/mol. The van der Waals surface area contributed by atoms with Crippen molar-refractivity contribution in [2.24, 2.45) is 0 Å². The smallest absolute Gasteiger partial charge is 0.260 e. The molecule has 2 aromatic rings. The fraction of sp³-hybridized carbons (Fsp3) is 0.0833. The van der Waals surface area contributed by atoms with Crippen LogP contribution in [0.3, 0.4) is 0 Å². The molecule has 5 heteroatoms. The van der Waals surface area contributed by atoms with Gasteiger partial charge >= 0.3 is 0 Å². The molecule has 0 aliphatic heterocycles. The second-order valence-electron chi connectivity index (χ2n) is 3.51.